The number of ether oxygens (including phenoxy) is 1. The van der Waals surface area contributed by atoms with E-state index in [2.05, 4.69) is 13.8 Å². The highest BCUT2D eigenvalue weighted by atomic mass is 16.6. The Morgan fingerprint density at radius 3 is 2.20 bits per heavy atom. The molecule has 114 valence electrons. The minimum atomic E-state index is -0.563. The van der Waals surface area contributed by atoms with Crippen LogP contribution in [0.3, 0.4) is 0 Å². The van der Waals surface area contributed by atoms with Gasteiger partial charge in [0.25, 0.3) is 0 Å². The van der Waals surface area contributed by atoms with Gasteiger partial charge < -0.3 is 9.84 Å². The number of carbonyl (C=O) groups is 1. The van der Waals surface area contributed by atoms with Gasteiger partial charge in [0, 0.05) is 6.42 Å². The highest BCUT2D eigenvalue weighted by Gasteiger charge is 2.59. The molecular formula is C17H28O3. The molecule has 4 aliphatic rings. The number of esters is 1. The fourth-order valence-electron chi connectivity index (χ4n) is 4.81. The lowest BCUT2D eigenvalue weighted by atomic mass is 9.52. The van der Waals surface area contributed by atoms with Crippen LogP contribution in [-0.2, 0) is 9.53 Å². The smallest absolute Gasteiger partial charge is 0.312 e. The highest BCUT2D eigenvalue weighted by molar-refractivity contribution is 5.76. The first-order chi connectivity index (χ1) is 9.14. The molecule has 0 aromatic heterocycles. The van der Waals surface area contributed by atoms with E-state index >= 15 is 0 Å². The lowest BCUT2D eigenvalue weighted by Crippen LogP contribution is -2.61. The molecule has 1 N–H and O–H groups in total. The van der Waals surface area contributed by atoms with E-state index in [1.165, 1.54) is 6.42 Å². The molecular weight excluding hydrogens is 252 g/mol. The predicted octanol–water partition coefficient (Wildman–Crippen LogP) is 3.30. The Kier molecular flexibility index (Phi) is 3.03. The third-order valence-corrected chi connectivity index (χ3v) is 6.26. The molecule has 4 bridgehead atoms. The summed E-state index contributed by atoms with van der Waals surface area (Å²) in [6.45, 7) is 8.06. The zero-order valence-corrected chi connectivity index (χ0v) is 13.2. The Bertz CT molecular complexity index is 410. The number of hydrogen-bond acceptors (Lipinski definition) is 3. The van der Waals surface area contributed by atoms with Crippen LogP contribution in [-0.4, -0.2) is 22.3 Å². The van der Waals surface area contributed by atoms with E-state index in [4.69, 9.17) is 4.74 Å². The van der Waals surface area contributed by atoms with Crippen molar-refractivity contribution in [2.45, 2.75) is 77.4 Å². The molecule has 0 amide bonds. The molecule has 0 spiro atoms. The van der Waals surface area contributed by atoms with Crippen LogP contribution in [0.1, 0.15) is 66.2 Å². The molecule has 4 rings (SSSR count). The summed E-state index contributed by atoms with van der Waals surface area (Å²) in [4.78, 5) is 12.6. The van der Waals surface area contributed by atoms with Gasteiger partial charge in [-0.1, -0.05) is 13.8 Å². The van der Waals surface area contributed by atoms with Crippen LogP contribution >= 0.6 is 0 Å². The molecule has 4 saturated carbocycles. The van der Waals surface area contributed by atoms with Crippen LogP contribution in [0.4, 0.5) is 0 Å². The zero-order valence-electron chi connectivity index (χ0n) is 13.2. The summed E-state index contributed by atoms with van der Waals surface area (Å²) in [5, 5.41) is 10.7. The first-order valence-electron chi connectivity index (χ1n) is 8.10. The molecule has 0 aromatic carbocycles. The molecule has 3 nitrogen and oxygen atoms in total. The van der Waals surface area contributed by atoms with Crippen molar-refractivity contribution in [3.8, 4) is 0 Å². The Morgan fingerprint density at radius 1 is 1.20 bits per heavy atom. The standard InChI is InChI=1S/C17H28O3/c1-11(2)15(3,4)14(18)20-17-8-12-5-13(9-17)7-16(19,6-12)10-17/h11-13,19H,5-10H2,1-4H3. The molecule has 4 aliphatic carbocycles. The summed E-state index contributed by atoms with van der Waals surface area (Å²) in [6.07, 6.45) is 5.63. The summed E-state index contributed by atoms with van der Waals surface area (Å²) < 4.78 is 6.04. The quantitative estimate of drug-likeness (QED) is 0.807. The van der Waals surface area contributed by atoms with Gasteiger partial charge in [-0.25, -0.2) is 0 Å². The average molecular weight is 280 g/mol. The zero-order chi connectivity index (χ0) is 14.8. The largest absolute Gasteiger partial charge is 0.459 e. The van der Waals surface area contributed by atoms with E-state index in [9.17, 15) is 9.90 Å². The second-order valence-corrected chi connectivity index (χ2v) is 8.63. The first kappa shape index (κ1) is 14.4. The van der Waals surface area contributed by atoms with Crippen molar-refractivity contribution in [3.63, 3.8) is 0 Å². The second kappa shape index (κ2) is 4.22. The van der Waals surface area contributed by atoms with Crippen LogP contribution in [0.5, 0.6) is 0 Å². The van der Waals surface area contributed by atoms with Gasteiger partial charge in [0.1, 0.15) is 5.60 Å². The normalized spacial score (nSPS) is 43.1. The van der Waals surface area contributed by atoms with Gasteiger partial charge in [0.2, 0.25) is 0 Å². The van der Waals surface area contributed by atoms with Crippen molar-refractivity contribution >= 4 is 5.97 Å². The SMILES string of the molecule is CC(C)C(C)(C)C(=O)OC12CC3CC(CC(O)(C3)C1)C2. The van der Waals surface area contributed by atoms with Gasteiger partial charge >= 0.3 is 5.97 Å². The summed E-state index contributed by atoms with van der Waals surface area (Å²) >= 11 is 0. The van der Waals surface area contributed by atoms with Crippen LogP contribution in [0.15, 0.2) is 0 Å². The van der Waals surface area contributed by atoms with Crippen LogP contribution in [0.25, 0.3) is 0 Å². The van der Waals surface area contributed by atoms with Gasteiger partial charge in [0.05, 0.1) is 11.0 Å². The highest BCUT2D eigenvalue weighted by Crippen LogP contribution is 2.59. The number of aliphatic hydroxyl groups is 1. The first-order valence-corrected chi connectivity index (χ1v) is 8.10. The lowest BCUT2D eigenvalue weighted by molar-refractivity contribution is -0.226. The summed E-state index contributed by atoms with van der Waals surface area (Å²) in [6, 6.07) is 0. The van der Waals surface area contributed by atoms with Crippen LogP contribution in [0, 0.1) is 23.2 Å². The maximum atomic E-state index is 12.6. The van der Waals surface area contributed by atoms with Crippen LogP contribution in [0.2, 0.25) is 0 Å². The fraction of sp³-hybridized carbons (Fsp3) is 0.941. The van der Waals surface area contributed by atoms with E-state index in [0.29, 0.717) is 18.3 Å². The number of rotatable bonds is 3. The van der Waals surface area contributed by atoms with Crippen molar-refractivity contribution in [3.05, 3.63) is 0 Å². The van der Waals surface area contributed by atoms with E-state index in [-0.39, 0.29) is 17.5 Å². The van der Waals surface area contributed by atoms with Crippen molar-refractivity contribution in [2.75, 3.05) is 0 Å². The molecule has 0 aromatic rings. The maximum Gasteiger partial charge on any atom is 0.312 e. The Morgan fingerprint density at radius 2 is 1.75 bits per heavy atom. The van der Waals surface area contributed by atoms with E-state index in [1.54, 1.807) is 0 Å². The number of hydrogen-bond donors (Lipinski definition) is 1. The molecule has 0 aliphatic heterocycles. The minimum absolute atomic E-state index is 0.0851. The Labute approximate surface area is 122 Å². The molecule has 2 atom stereocenters. The van der Waals surface area contributed by atoms with Gasteiger partial charge in [0.15, 0.2) is 0 Å². The molecule has 0 saturated heterocycles. The monoisotopic (exact) mass is 280 g/mol. The van der Waals surface area contributed by atoms with Gasteiger partial charge in [-0.15, -0.1) is 0 Å². The van der Waals surface area contributed by atoms with Crippen molar-refractivity contribution in [2.24, 2.45) is 23.2 Å². The van der Waals surface area contributed by atoms with Crippen LogP contribution < -0.4 is 0 Å². The fourth-order valence-corrected chi connectivity index (χ4v) is 4.81. The van der Waals surface area contributed by atoms with Crippen molar-refractivity contribution in [1.82, 2.24) is 0 Å². The molecule has 2 unspecified atom stereocenters. The van der Waals surface area contributed by atoms with Gasteiger partial charge in [-0.3, -0.25) is 4.79 Å². The third kappa shape index (κ3) is 2.18. The van der Waals surface area contributed by atoms with E-state index in [1.807, 2.05) is 13.8 Å². The number of carbonyl (C=O) groups excluding carboxylic acids is 1. The second-order valence-electron chi connectivity index (χ2n) is 8.63. The summed E-state index contributed by atoms with van der Waals surface area (Å²) in [7, 11) is 0. The van der Waals surface area contributed by atoms with E-state index < -0.39 is 11.0 Å². The minimum Gasteiger partial charge on any atom is -0.459 e. The van der Waals surface area contributed by atoms with Gasteiger partial charge in [-0.2, -0.15) is 0 Å². The predicted molar refractivity (Wildman–Crippen MR) is 77.1 cm³/mol. The Balaban J connectivity index is 1.79. The molecule has 0 heterocycles. The molecule has 3 heteroatoms. The van der Waals surface area contributed by atoms with E-state index in [0.717, 1.165) is 25.7 Å². The van der Waals surface area contributed by atoms with Gasteiger partial charge in [-0.05, 0) is 63.7 Å². The summed E-state index contributed by atoms with van der Waals surface area (Å²) in [5.41, 5.74) is -1.39. The lowest BCUT2D eigenvalue weighted by Gasteiger charge is -2.59. The molecule has 0 radical (unpaired) electrons. The molecule has 20 heavy (non-hydrogen) atoms. The third-order valence-electron chi connectivity index (χ3n) is 6.26. The molecule has 4 fully saturated rings. The topological polar surface area (TPSA) is 46.5 Å². The Hall–Kier alpha value is -0.570. The summed E-state index contributed by atoms with van der Waals surface area (Å²) in [5.74, 6) is 1.28. The van der Waals surface area contributed by atoms with Crippen molar-refractivity contribution in [1.29, 1.82) is 0 Å². The maximum absolute atomic E-state index is 12.6. The van der Waals surface area contributed by atoms with Crippen molar-refractivity contribution < 1.29 is 14.6 Å². The average Bonchev–Trinajstić information content (AvgIpc) is 2.23.